The lowest BCUT2D eigenvalue weighted by Crippen LogP contribution is -2.23. The summed E-state index contributed by atoms with van der Waals surface area (Å²) in [6.07, 6.45) is 2.60. The van der Waals surface area contributed by atoms with E-state index in [9.17, 15) is 14.4 Å². The number of rotatable bonds is 6. The summed E-state index contributed by atoms with van der Waals surface area (Å²) in [5.41, 5.74) is 2.47. The van der Waals surface area contributed by atoms with E-state index in [2.05, 4.69) is 5.32 Å². The van der Waals surface area contributed by atoms with E-state index in [1.807, 2.05) is 11.5 Å². The van der Waals surface area contributed by atoms with Crippen molar-refractivity contribution in [3.05, 3.63) is 46.8 Å². The Morgan fingerprint density at radius 2 is 1.93 bits per heavy atom. The molecule has 0 bridgehead atoms. The molecule has 1 N–H and O–H groups in total. The van der Waals surface area contributed by atoms with Crippen molar-refractivity contribution in [2.24, 2.45) is 0 Å². The Labute approximate surface area is 175 Å². The first-order valence-electron chi connectivity index (χ1n) is 9.98. The Morgan fingerprint density at radius 3 is 2.60 bits per heavy atom. The van der Waals surface area contributed by atoms with Crippen LogP contribution < -0.4 is 10.1 Å². The van der Waals surface area contributed by atoms with Crippen LogP contribution in [0.25, 0.3) is 0 Å². The minimum absolute atomic E-state index is 0.179. The molecule has 0 unspecified atom stereocenters. The predicted molar refractivity (Wildman–Crippen MR) is 112 cm³/mol. The topological polar surface area (TPSA) is 89.9 Å². The van der Waals surface area contributed by atoms with Crippen molar-refractivity contribution in [1.82, 2.24) is 9.47 Å². The fraction of sp³-hybridized carbons (Fsp3) is 0.409. The minimum atomic E-state index is -0.451. The van der Waals surface area contributed by atoms with E-state index >= 15 is 0 Å². The maximum absolute atomic E-state index is 13.1. The lowest BCUT2D eigenvalue weighted by atomic mass is 10.1. The van der Waals surface area contributed by atoms with Crippen LogP contribution in [0.1, 0.15) is 56.7 Å². The molecule has 1 aliphatic heterocycles. The van der Waals surface area contributed by atoms with Crippen molar-refractivity contribution in [2.75, 3.05) is 33.1 Å². The van der Waals surface area contributed by atoms with Crippen molar-refractivity contribution in [1.29, 1.82) is 0 Å². The summed E-state index contributed by atoms with van der Waals surface area (Å²) in [4.78, 5) is 39.1. The fourth-order valence-electron chi connectivity index (χ4n) is 3.64. The number of fused-ring (bicyclic) bond motifs is 1. The second-order valence-electron chi connectivity index (χ2n) is 7.29. The van der Waals surface area contributed by atoms with Gasteiger partial charge in [-0.15, -0.1) is 0 Å². The molecule has 2 amide bonds. The highest BCUT2D eigenvalue weighted by Gasteiger charge is 2.26. The highest BCUT2D eigenvalue weighted by Crippen LogP contribution is 2.29. The molecule has 0 atom stereocenters. The summed E-state index contributed by atoms with van der Waals surface area (Å²) >= 11 is 0. The Balaban J connectivity index is 1.97. The molecule has 2 heterocycles. The first-order valence-corrected chi connectivity index (χ1v) is 9.98. The van der Waals surface area contributed by atoms with Gasteiger partial charge in [0.15, 0.2) is 0 Å². The summed E-state index contributed by atoms with van der Waals surface area (Å²) in [7, 11) is 4.66. The van der Waals surface area contributed by atoms with Gasteiger partial charge >= 0.3 is 5.97 Å². The van der Waals surface area contributed by atoms with E-state index in [0.29, 0.717) is 47.8 Å². The number of hydrogen-bond donors (Lipinski definition) is 1. The van der Waals surface area contributed by atoms with Crippen LogP contribution in [0.4, 0.5) is 5.69 Å². The number of amides is 2. The Bertz CT molecular complexity index is 977. The van der Waals surface area contributed by atoms with Gasteiger partial charge in [-0.25, -0.2) is 4.79 Å². The quantitative estimate of drug-likeness (QED) is 0.736. The maximum Gasteiger partial charge on any atom is 0.339 e. The molecule has 0 saturated heterocycles. The molecule has 30 heavy (non-hydrogen) atoms. The summed E-state index contributed by atoms with van der Waals surface area (Å²) in [5, 5.41) is 2.86. The van der Waals surface area contributed by atoms with Gasteiger partial charge in [0.25, 0.3) is 11.8 Å². The molecule has 8 heteroatoms. The van der Waals surface area contributed by atoms with E-state index in [1.165, 1.54) is 12.0 Å². The zero-order chi connectivity index (χ0) is 21.8. The summed E-state index contributed by atoms with van der Waals surface area (Å²) in [5.74, 6) is -0.529. The average Bonchev–Trinajstić information content (AvgIpc) is 3.14. The highest BCUT2D eigenvalue weighted by atomic mass is 16.5. The third-order valence-corrected chi connectivity index (χ3v) is 5.07. The van der Waals surface area contributed by atoms with E-state index in [-0.39, 0.29) is 11.8 Å². The molecule has 1 aromatic carbocycles. The third kappa shape index (κ3) is 4.17. The van der Waals surface area contributed by atoms with Crippen LogP contribution in [0.2, 0.25) is 0 Å². The lowest BCUT2D eigenvalue weighted by Gasteiger charge is -2.19. The molecule has 0 radical (unpaired) electrons. The molecule has 0 spiro atoms. The van der Waals surface area contributed by atoms with Gasteiger partial charge in [0.2, 0.25) is 0 Å². The smallest absolute Gasteiger partial charge is 0.339 e. The highest BCUT2D eigenvalue weighted by molar-refractivity contribution is 6.07. The van der Waals surface area contributed by atoms with Crippen LogP contribution in [-0.4, -0.2) is 55.1 Å². The summed E-state index contributed by atoms with van der Waals surface area (Å²) in [6, 6.07) is 6.52. The molecule has 8 nitrogen and oxygen atoms in total. The number of carbonyl (C=O) groups excluding carboxylic acids is 3. The number of methoxy groups -OCH3 is 1. The first-order chi connectivity index (χ1) is 14.4. The van der Waals surface area contributed by atoms with Crippen LogP contribution in [0.5, 0.6) is 5.75 Å². The Kier molecular flexibility index (Phi) is 6.44. The van der Waals surface area contributed by atoms with E-state index in [1.54, 1.807) is 38.4 Å². The standard InChI is InChI=1S/C22H27N3O5/c1-5-30-19-10-9-14(21(27)24(2)3)12-16(19)23-20(26)18-13-15(22(28)29-4)17-8-6-7-11-25(17)18/h9-10,12-13H,5-8,11H2,1-4H3,(H,23,26). The van der Waals surface area contributed by atoms with Gasteiger partial charge in [-0.05, 0) is 50.5 Å². The van der Waals surface area contributed by atoms with Crippen LogP contribution in [-0.2, 0) is 17.7 Å². The second kappa shape index (κ2) is 9.02. The summed E-state index contributed by atoms with van der Waals surface area (Å²) in [6.45, 7) is 2.92. The van der Waals surface area contributed by atoms with Crippen LogP contribution in [0, 0.1) is 0 Å². The molecule has 0 aliphatic carbocycles. The van der Waals surface area contributed by atoms with E-state index in [4.69, 9.17) is 9.47 Å². The third-order valence-electron chi connectivity index (χ3n) is 5.07. The van der Waals surface area contributed by atoms with Crippen molar-refractivity contribution >= 4 is 23.5 Å². The predicted octanol–water partition coefficient (Wildman–Crippen LogP) is 2.96. The second-order valence-corrected chi connectivity index (χ2v) is 7.29. The van der Waals surface area contributed by atoms with Gasteiger partial charge in [0, 0.05) is 31.9 Å². The van der Waals surface area contributed by atoms with Gasteiger partial charge in [0.1, 0.15) is 11.4 Å². The number of benzene rings is 1. The number of ether oxygens (including phenoxy) is 2. The van der Waals surface area contributed by atoms with Crippen molar-refractivity contribution in [3.63, 3.8) is 0 Å². The SMILES string of the molecule is CCOc1ccc(C(=O)N(C)C)cc1NC(=O)c1cc(C(=O)OC)c2n1CCCC2. The number of hydrogen-bond acceptors (Lipinski definition) is 5. The van der Waals surface area contributed by atoms with Crippen molar-refractivity contribution in [2.45, 2.75) is 32.7 Å². The zero-order valence-electron chi connectivity index (χ0n) is 17.8. The monoisotopic (exact) mass is 413 g/mol. The number of nitrogens with zero attached hydrogens (tertiary/aromatic N) is 2. The molecule has 1 aromatic heterocycles. The molecule has 0 fully saturated rings. The summed E-state index contributed by atoms with van der Waals surface area (Å²) < 4.78 is 12.4. The zero-order valence-corrected chi connectivity index (χ0v) is 17.8. The van der Waals surface area contributed by atoms with Gasteiger partial charge in [-0.2, -0.15) is 0 Å². The Morgan fingerprint density at radius 1 is 1.17 bits per heavy atom. The lowest BCUT2D eigenvalue weighted by molar-refractivity contribution is 0.0598. The molecule has 2 aromatic rings. The fourth-order valence-corrected chi connectivity index (χ4v) is 3.64. The average molecular weight is 413 g/mol. The van der Waals surface area contributed by atoms with Gasteiger partial charge in [0.05, 0.1) is 25.0 Å². The van der Waals surface area contributed by atoms with Gasteiger partial charge < -0.3 is 24.3 Å². The van der Waals surface area contributed by atoms with E-state index in [0.717, 1.165) is 18.5 Å². The minimum Gasteiger partial charge on any atom is -0.492 e. The maximum atomic E-state index is 13.1. The number of aromatic nitrogens is 1. The molecular weight excluding hydrogens is 386 g/mol. The van der Waals surface area contributed by atoms with Gasteiger partial charge in [-0.3, -0.25) is 9.59 Å². The van der Waals surface area contributed by atoms with Crippen LogP contribution in [0.3, 0.4) is 0 Å². The molecule has 1 aliphatic rings. The first kappa shape index (κ1) is 21.4. The number of anilines is 1. The van der Waals surface area contributed by atoms with Crippen molar-refractivity contribution < 1.29 is 23.9 Å². The number of esters is 1. The normalized spacial score (nSPS) is 12.7. The number of carbonyl (C=O) groups is 3. The van der Waals surface area contributed by atoms with E-state index < -0.39 is 5.97 Å². The molecule has 160 valence electrons. The van der Waals surface area contributed by atoms with Gasteiger partial charge in [-0.1, -0.05) is 0 Å². The Hall–Kier alpha value is -3.29. The van der Waals surface area contributed by atoms with Crippen molar-refractivity contribution in [3.8, 4) is 5.75 Å². The largest absolute Gasteiger partial charge is 0.492 e. The molecular formula is C22H27N3O5. The van der Waals surface area contributed by atoms with Crippen LogP contribution >= 0.6 is 0 Å². The molecule has 0 saturated carbocycles. The molecule has 3 rings (SSSR count). The van der Waals surface area contributed by atoms with Crippen LogP contribution in [0.15, 0.2) is 24.3 Å². The number of nitrogens with one attached hydrogen (secondary N) is 1.